The monoisotopic (exact) mass is 336 g/mol. The van der Waals surface area contributed by atoms with Crippen LogP contribution in [0.2, 0.25) is 0 Å². The van der Waals surface area contributed by atoms with Crippen molar-refractivity contribution in [2.24, 2.45) is 5.41 Å². The first-order valence-corrected chi connectivity index (χ1v) is 8.10. The van der Waals surface area contributed by atoms with Crippen LogP contribution in [0.15, 0.2) is 35.1 Å². The van der Waals surface area contributed by atoms with Crippen LogP contribution in [-0.2, 0) is 9.53 Å². The van der Waals surface area contributed by atoms with Crippen molar-refractivity contribution in [3.63, 3.8) is 0 Å². The van der Waals surface area contributed by atoms with Gasteiger partial charge in [-0.25, -0.2) is 4.79 Å². The summed E-state index contributed by atoms with van der Waals surface area (Å²) in [7, 11) is 0. The summed E-state index contributed by atoms with van der Waals surface area (Å²) in [4.78, 5) is 13.4. The lowest BCUT2D eigenvalue weighted by Crippen LogP contribution is -2.31. The molecule has 1 aliphatic heterocycles. The van der Waals surface area contributed by atoms with Crippen LogP contribution >= 0.6 is 0 Å². The number of carbonyl (C=O) groups is 1. The molecule has 2 rings (SSSR count). The molecule has 2 aliphatic rings. The van der Waals surface area contributed by atoms with Crippen molar-refractivity contribution in [3.8, 4) is 18.2 Å². The summed E-state index contributed by atoms with van der Waals surface area (Å²) in [5.41, 5.74) is 1.59. The molecule has 0 aromatic carbocycles. The quantitative estimate of drug-likeness (QED) is 0.446. The smallest absolute Gasteiger partial charge is 0.330 e. The Morgan fingerprint density at radius 3 is 2.56 bits per heavy atom. The molecule has 0 aromatic rings. The van der Waals surface area contributed by atoms with Gasteiger partial charge in [0.05, 0.1) is 12.1 Å². The van der Waals surface area contributed by atoms with Crippen molar-refractivity contribution in [2.45, 2.75) is 39.2 Å². The van der Waals surface area contributed by atoms with Gasteiger partial charge in [-0.05, 0) is 18.3 Å². The van der Waals surface area contributed by atoms with Crippen molar-refractivity contribution in [1.29, 1.82) is 15.8 Å². The Morgan fingerprint density at radius 2 is 2.00 bits per heavy atom. The van der Waals surface area contributed by atoms with Gasteiger partial charge in [0.1, 0.15) is 29.9 Å². The lowest BCUT2D eigenvalue weighted by atomic mass is 9.72. The molecule has 1 saturated heterocycles. The zero-order valence-corrected chi connectivity index (χ0v) is 14.5. The summed E-state index contributed by atoms with van der Waals surface area (Å²) in [5, 5.41) is 28.1. The van der Waals surface area contributed by atoms with E-state index in [1.165, 1.54) is 0 Å². The highest BCUT2D eigenvalue weighted by Crippen LogP contribution is 2.44. The lowest BCUT2D eigenvalue weighted by Gasteiger charge is -2.37. The maximum Gasteiger partial charge on any atom is 0.330 e. The topological polar surface area (TPSA) is 101 Å². The number of carbonyl (C=O) groups excluding carboxylic acids is 1. The number of rotatable bonds is 3. The number of ether oxygens (including phenoxy) is 1. The number of hydrogen-bond donors (Lipinski definition) is 0. The highest BCUT2D eigenvalue weighted by Gasteiger charge is 2.37. The van der Waals surface area contributed by atoms with Gasteiger partial charge in [-0.1, -0.05) is 20.4 Å². The third kappa shape index (κ3) is 3.90. The molecule has 0 aromatic heterocycles. The van der Waals surface area contributed by atoms with Crippen LogP contribution in [-0.4, -0.2) is 30.1 Å². The highest BCUT2D eigenvalue weighted by atomic mass is 16.5. The molecule has 0 spiro atoms. The fourth-order valence-electron chi connectivity index (χ4n) is 3.40. The van der Waals surface area contributed by atoms with E-state index in [2.05, 4.69) is 26.5 Å². The first kappa shape index (κ1) is 18.3. The van der Waals surface area contributed by atoms with E-state index in [1.807, 2.05) is 17.0 Å². The van der Waals surface area contributed by atoms with Gasteiger partial charge in [-0.2, -0.15) is 15.8 Å². The molecule has 6 heteroatoms. The van der Waals surface area contributed by atoms with Gasteiger partial charge in [0.2, 0.25) is 0 Å². The molecule has 1 unspecified atom stereocenters. The highest BCUT2D eigenvalue weighted by molar-refractivity contribution is 5.81. The number of nitriles is 3. The Balaban J connectivity index is 2.41. The molecule has 0 N–H and O–H groups in total. The van der Waals surface area contributed by atoms with Crippen LogP contribution in [0.5, 0.6) is 0 Å². The van der Waals surface area contributed by atoms with Gasteiger partial charge in [-0.15, -0.1) is 0 Å². The molecular formula is C19H20N4O2. The Kier molecular flexibility index (Phi) is 5.30. The maximum atomic E-state index is 11.4. The maximum absolute atomic E-state index is 11.4. The SMILES string of the molecule is C=CC(=O)OC1CCN(C2=C(C#N)C(=C(C#N)C#N)CC(C)(C)C2)C1. The van der Waals surface area contributed by atoms with E-state index in [9.17, 15) is 20.6 Å². The first-order valence-electron chi connectivity index (χ1n) is 8.10. The van der Waals surface area contributed by atoms with Crippen LogP contribution in [0.1, 0.15) is 33.1 Å². The minimum absolute atomic E-state index is 0.00402. The molecule has 1 atom stereocenters. The molecule has 25 heavy (non-hydrogen) atoms. The van der Waals surface area contributed by atoms with Crippen molar-refractivity contribution in [2.75, 3.05) is 13.1 Å². The molecule has 0 saturated carbocycles. The van der Waals surface area contributed by atoms with Gasteiger partial charge in [0.25, 0.3) is 0 Å². The fourth-order valence-corrected chi connectivity index (χ4v) is 3.40. The standard InChI is InChI=1S/C19H20N4O2/c1-4-18(24)25-14-5-6-23(12-14)17-8-19(2,3)7-15(16(17)11-22)13(9-20)10-21/h4,14H,1,5-8,12H2,2-3H3. The molecular weight excluding hydrogens is 316 g/mol. The van der Waals surface area contributed by atoms with Crippen molar-refractivity contribution in [3.05, 3.63) is 35.1 Å². The molecule has 0 amide bonds. The van der Waals surface area contributed by atoms with E-state index in [1.54, 1.807) is 0 Å². The van der Waals surface area contributed by atoms with Crippen molar-refractivity contribution < 1.29 is 9.53 Å². The average molecular weight is 336 g/mol. The fraction of sp³-hybridized carbons (Fsp3) is 0.474. The van der Waals surface area contributed by atoms with Crippen LogP contribution in [0.3, 0.4) is 0 Å². The second kappa shape index (κ2) is 7.24. The van der Waals surface area contributed by atoms with Crippen LogP contribution < -0.4 is 0 Å². The largest absolute Gasteiger partial charge is 0.457 e. The van der Waals surface area contributed by atoms with Crippen LogP contribution in [0.4, 0.5) is 0 Å². The Labute approximate surface area is 147 Å². The first-order chi connectivity index (χ1) is 11.8. The zero-order chi connectivity index (χ0) is 18.6. The molecule has 6 nitrogen and oxygen atoms in total. The average Bonchev–Trinajstić information content (AvgIpc) is 3.03. The Morgan fingerprint density at radius 1 is 1.32 bits per heavy atom. The lowest BCUT2D eigenvalue weighted by molar-refractivity contribution is -0.142. The minimum Gasteiger partial charge on any atom is -0.457 e. The van der Waals surface area contributed by atoms with Gasteiger partial charge >= 0.3 is 5.97 Å². The third-order valence-corrected chi connectivity index (χ3v) is 4.51. The normalized spacial score (nSPS) is 21.8. The number of likely N-dealkylation sites (tertiary alicyclic amines) is 1. The molecule has 0 bridgehead atoms. The number of esters is 1. The minimum atomic E-state index is -0.456. The molecule has 1 aliphatic carbocycles. The van der Waals surface area contributed by atoms with E-state index < -0.39 is 5.97 Å². The number of hydrogen-bond acceptors (Lipinski definition) is 6. The zero-order valence-electron chi connectivity index (χ0n) is 14.5. The Hall–Kier alpha value is -3.04. The van der Waals surface area contributed by atoms with Crippen molar-refractivity contribution >= 4 is 5.97 Å². The summed E-state index contributed by atoms with van der Waals surface area (Å²) < 4.78 is 5.30. The van der Waals surface area contributed by atoms with Gasteiger partial charge in [-0.3, -0.25) is 0 Å². The molecule has 0 radical (unpaired) electrons. The Bertz CT molecular complexity index is 768. The second-order valence-corrected chi connectivity index (χ2v) is 7.03. The van der Waals surface area contributed by atoms with Crippen LogP contribution in [0.25, 0.3) is 0 Å². The van der Waals surface area contributed by atoms with Gasteiger partial charge in [0, 0.05) is 30.3 Å². The number of allylic oxidation sites excluding steroid dienone is 4. The summed E-state index contributed by atoms with van der Waals surface area (Å²) in [5.74, 6) is -0.456. The predicted molar refractivity (Wildman–Crippen MR) is 90.2 cm³/mol. The predicted octanol–water partition coefficient (Wildman–Crippen LogP) is 2.73. The molecule has 1 fully saturated rings. The van der Waals surface area contributed by atoms with Crippen LogP contribution in [0, 0.1) is 39.4 Å². The van der Waals surface area contributed by atoms with Crippen molar-refractivity contribution in [1.82, 2.24) is 4.90 Å². The van der Waals surface area contributed by atoms with Gasteiger partial charge in [0.15, 0.2) is 0 Å². The third-order valence-electron chi connectivity index (χ3n) is 4.51. The second-order valence-electron chi connectivity index (χ2n) is 7.03. The summed E-state index contributed by atoms with van der Waals surface area (Å²) in [6, 6.07) is 6.01. The summed E-state index contributed by atoms with van der Waals surface area (Å²) >= 11 is 0. The van der Waals surface area contributed by atoms with E-state index >= 15 is 0 Å². The van der Waals surface area contributed by atoms with E-state index in [-0.39, 0.29) is 17.1 Å². The van der Waals surface area contributed by atoms with E-state index in [0.717, 1.165) is 11.8 Å². The number of nitrogens with zero attached hydrogens (tertiary/aromatic N) is 4. The summed E-state index contributed by atoms with van der Waals surface area (Å²) in [6.07, 6.45) is 2.75. The van der Waals surface area contributed by atoms with E-state index in [4.69, 9.17) is 4.74 Å². The molecule has 128 valence electrons. The van der Waals surface area contributed by atoms with E-state index in [0.29, 0.717) is 43.5 Å². The van der Waals surface area contributed by atoms with Gasteiger partial charge < -0.3 is 9.64 Å². The molecule has 1 heterocycles. The summed E-state index contributed by atoms with van der Waals surface area (Å²) in [6.45, 7) is 8.66.